The SMILES string of the molecule is COC(=O)c1nn2c(c1C)Cc1ccccc1C2. The van der Waals surface area contributed by atoms with E-state index in [0.29, 0.717) is 5.69 Å². The van der Waals surface area contributed by atoms with Crippen LogP contribution in [0.4, 0.5) is 0 Å². The Balaban J connectivity index is 2.07. The third kappa shape index (κ3) is 1.53. The van der Waals surface area contributed by atoms with Crippen LogP contribution in [-0.4, -0.2) is 22.9 Å². The Morgan fingerprint density at radius 1 is 1.33 bits per heavy atom. The highest BCUT2D eigenvalue weighted by Crippen LogP contribution is 2.25. The van der Waals surface area contributed by atoms with E-state index >= 15 is 0 Å². The highest BCUT2D eigenvalue weighted by atomic mass is 16.5. The first-order valence-corrected chi connectivity index (χ1v) is 5.92. The summed E-state index contributed by atoms with van der Waals surface area (Å²) in [7, 11) is 1.38. The number of ether oxygens (including phenoxy) is 1. The predicted molar refractivity (Wildman–Crippen MR) is 66.7 cm³/mol. The molecule has 0 aliphatic carbocycles. The quantitative estimate of drug-likeness (QED) is 0.612. The molecule has 1 aliphatic heterocycles. The fraction of sp³-hybridized carbons (Fsp3) is 0.286. The Hall–Kier alpha value is -2.10. The van der Waals surface area contributed by atoms with Gasteiger partial charge in [0.25, 0.3) is 0 Å². The topological polar surface area (TPSA) is 44.1 Å². The van der Waals surface area contributed by atoms with Crippen molar-refractivity contribution in [2.75, 3.05) is 7.11 Å². The summed E-state index contributed by atoms with van der Waals surface area (Å²) in [6.45, 7) is 2.66. The van der Waals surface area contributed by atoms with Crippen LogP contribution >= 0.6 is 0 Å². The Kier molecular flexibility index (Phi) is 2.44. The molecule has 0 radical (unpaired) electrons. The van der Waals surface area contributed by atoms with E-state index in [1.807, 2.05) is 23.7 Å². The van der Waals surface area contributed by atoms with Gasteiger partial charge < -0.3 is 4.74 Å². The number of rotatable bonds is 1. The van der Waals surface area contributed by atoms with Crippen LogP contribution < -0.4 is 0 Å². The summed E-state index contributed by atoms with van der Waals surface area (Å²) in [5.74, 6) is -0.363. The smallest absolute Gasteiger partial charge is 0.358 e. The highest BCUT2D eigenvalue weighted by molar-refractivity contribution is 5.89. The molecule has 0 atom stereocenters. The van der Waals surface area contributed by atoms with E-state index in [4.69, 9.17) is 4.74 Å². The van der Waals surface area contributed by atoms with Gasteiger partial charge in [-0.1, -0.05) is 24.3 Å². The Morgan fingerprint density at radius 3 is 2.78 bits per heavy atom. The Morgan fingerprint density at radius 2 is 2.06 bits per heavy atom. The molecule has 0 N–H and O–H groups in total. The monoisotopic (exact) mass is 242 g/mol. The van der Waals surface area contributed by atoms with Gasteiger partial charge in [-0.2, -0.15) is 5.10 Å². The summed E-state index contributed by atoms with van der Waals surface area (Å²) < 4.78 is 6.66. The fourth-order valence-corrected chi connectivity index (χ4v) is 2.46. The summed E-state index contributed by atoms with van der Waals surface area (Å²) in [5, 5.41) is 4.36. The molecular weight excluding hydrogens is 228 g/mol. The molecule has 92 valence electrons. The van der Waals surface area contributed by atoms with Crippen molar-refractivity contribution in [1.82, 2.24) is 9.78 Å². The second-order valence-corrected chi connectivity index (χ2v) is 4.52. The van der Waals surface area contributed by atoms with Crippen molar-refractivity contribution in [3.8, 4) is 0 Å². The molecule has 0 amide bonds. The number of hydrogen-bond donors (Lipinski definition) is 0. The molecular formula is C14H14N2O2. The standard InChI is InChI=1S/C14H14N2O2/c1-9-12-7-10-5-3-4-6-11(10)8-16(12)15-13(9)14(17)18-2/h3-6H,7-8H2,1-2H3. The molecule has 0 spiro atoms. The van der Waals surface area contributed by atoms with Crippen molar-refractivity contribution in [2.24, 2.45) is 0 Å². The highest BCUT2D eigenvalue weighted by Gasteiger charge is 2.24. The van der Waals surface area contributed by atoms with Gasteiger partial charge in [0.2, 0.25) is 0 Å². The molecule has 0 bridgehead atoms. The maximum atomic E-state index is 11.6. The van der Waals surface area contributed by atoms with E-state index in [1.165, 1.54) is 18.2 Å². The lowest BCUT2D eigenvalue weighted by molar-refractivity contribution is 0.0592. The lowest BCUT2D eigenvalue weighted by atomic mass is 9.97. The van der Waals surface area contributed by atoms with Gasteiger partial charge in [0, 0.05) is 17.7 Å². The molecule has 0 fully saturated rings. The molecule has 0 saturated carbocycles. The normalized spacial score (nSPS) is 12.8. The number of nitrogens with zero attached hydrogens (tertiary/aromatic N) is 2. The minimum atomic E-state index is -0.363. The minimum Gasteiger partial charge on any atom is -0.464 e. The number of carbonyl (C=O) groups excluding carboxylic acids is 1. The first-order valence-electron chi connectivity index (χ1n) is 5.92. The van der Waals surface area contributed by atoms with Crippen molar-refractivity contribution in [3.05, 3.63) is 52.3 Å². The number of esters is 1. The molecule has 3 rings (SSSR count). The van der Waals surface area contributed by atoms with Gasteiger partial charge >= 0.3 is 5.97 Å². The number of benzene rings is 1. The van der Waals surface area contributed by atoms with E-state index in [9.17, 15) is 4.79 Å². The molecule has 2 aromatic rings. The van der Waals surface area contributed by atoms with Gasteiger partial charge in [-0.25, -0.2) is 4.79 Å². The molecule has 4 heteroatoms. The Labute approximate surface area is 105 Å². The largest absolute Gasteiger partial charge is 0.464 e. The molecule has 4 nitrogen and oxygen atoms in total. The average molecular weight is 242 g/mol. The van der Waals surface area contributed by atoms with Gasteiger partial charge in [0.1, 0.15) is 0 Å². The van der Waals surface area contributed by atoms with Crippen LogP contribution in [0.15, 0.2) is 24.3 Å². The summed E-state index contributed by atoms with van der Waals surface area (Å²) in [6.07, 6.45) is 0.825. The molecule has 2 heterocycles. The zero-order valence-corrected chi connectivity index (χ0v) is 10.4. The lowest BCUT2D eigenvalue weighted by Crippen LogP contribution is -2.15. The molecule has 0 saturated heterocycles. The number of methoxy groups -OCH3 is 1. The zero-order valence-electron chi connectivity index (χ0n) is 10.4. The summed E-state index contributed by atoms with van der Waals surface area (Å²) >= 11 is 0. The number of carbonyl (C=O) groups is 1. The number of hydrogen-bond acceptors (Lipinski definition) is 3. The molecule has 1 aliphatic rings. The van der Waals surface area contributed by atoms with Crippen LogP contribution in [-0.2, 0) is 17.7 Å². The van der Waals surface area contributed by atoms with E-state index < -0.39 is 0 Å². The molecule has 1 aromatic carbocycles. The third-order valence-corrected chi connectivity index (χ3v) is 3.50. The van der Waals surface area contributed by atoms with Crippen LogP contribution in [0.25, 0.3) is 0 Å². The molecule has 1 aromatic heterocycles. The van der Waals surface area contributed by atoms with Crippen molar-refractivity contribution >= 4 is 5.97 Å². The third-order valence-electron chi connectivity index (χ3n) is 3.50. The fourth-order valence-electron chi connectivity index (χ4n) is 2.46. The maximum absolute atomic E-state index is 11.6. The summed E-state index contributed by atoms with van der Waals surface area (Å²) in [6, 6.07) is 8.30. The van der Waals surface area contributed by atoms with Crippen molar-refractivity contribution in [2.45, 2.75) is 19.9 Å². The van der Waals surface area contributed by atoms with Crippen molar-refractivity contribution in [3.63, 3.8) is 0 Å². The molecule has 0 unspecified atom stereocenters. The first-order chi connectivity index (χ1) is 8.70. The zero-order chi connectivity index (χ0) is 12.7. The second-order valence-electron chi connectivity index (χ2n) is 4.52. The maximum Gasteiger partial charge on any atom is 0.358 e. The van der Waals surface area contributed by atoms with Gasteiger partial charge in [0.15, 0.2) is 5.69 Å². The van der Waals surface area contributed by atoms with E-state index in [1.54, 1.807) is 0 Å². The predicted octanol–water partition coefficient (Wildman–Crippen LogP) is 1.93. The summed E-state index contributed by atoms with van der Waals surface area (Å²) in [4.78, 5) is 11.6. The lowest BCUT2D eigenvalue weighted by Gasteiger charge is -2.18. The van der Waals surface area contributed by atoms with Gasteiger partial charge in [0.05, 0.1) is 13.7 Å². The van der Waals surface area contributed by atoms with Crippen LogP contribution in [0.5, 0.6) is 0 Å². The second kappa shape index (κ2) is 3.98. The first kappa shape index (κ1) is 11.0. The van der Waals surface area contributed by atoms with Crippen LogP contribution in [0, 0.1) is 6.92 Å². The van der Waals surface area contributed by atoms with Crippen LogP contribution in [0.3, 0.4) is 0 Å². The van der Waals surface area contributed by atoms with Gasteiger partial charge in [-0.3, -0.25) is 4.68 Å². The average Bonchev–Trinajstić information content (AvgIpc) is 2.72. The van der Waals surface area contributed by atoms with Gasteiger partial charge in [-0.15, -0.1) is 0 Å². The minimum absolute atomic E-state index is 0.363. The van der Waals surface area contributed by atoms with E-state index in [-0.39, 0.29) is 5.97 Å². The molecule has 18 heavy (non-hydrogen) atoms. The number of fused-ring (bicyclic) bond motifs is 2. The van der Waals surface area contributed by atoms with E-state index in [0.717, 1.165) is 24.2 Å². The van der Waals surface area contributed by atoms with Crippen LogP contribution in [0.2, 0.25) is 0 Å². The van der Waals surface area contributed by atoms with Crippen molar-refractivity contribution < 1.29 is 9.53 Å². The van der Waals surface area contributed by atoms with Gasteiger partial charge in [-0.05, 0) is 18.1 Å². The van der Waals surface area contributed by atoms with Crippen molar-refractivity contribution in [1.29, 1.82) is 0 Å². The van der Waals surface area contributed by atoms with E-state index in [2.05, 4.69) is 17.2 Å². The summed E-state index contributed by atoms with van der Waals surface area (Å²) in [5.41, 5.74) is 5.04. The van der Waals surface area contributed by atoms with Crippen LogP contribution in [0.1, 0.15) is 32.9 Å². The Bertz CT molecular complexity index is 629. The number of aromatic nitrogens is 2.